The van der Waals surface area contributed by atoms with Crippen LogP contribution in [-0.2, 0) is 11.2 Å². The van der Waals surface area contributed by atoms with Crippen LogP contribution in [0.15, 0.2) is 36.4 Å². The molecule has 114 valence electrons. The number of aryl methyl sites for hydroxylation is 1. The lowest BCUT2D eigenvalue weighted by Crippen LogP contribution is -2.35. The largest absolute Gasteiger partial charge is 0.309 e. The highest BCUT2D eigenvalue weighted by Gasteiger charge is 2.30. The van der Waals surface area contributed by atoms with Crippen molar-refractivity contribution in [2.45, 2.75) is 39.2 Å². The van der Waals surface area contributed by atoms with Crippen LogP contribution >= 0.6 is 11.3 Å². The predicted molar refractivity (Wildman–Crippen MR) is 89.7 cm³/mol. The number of benzene rings is 1. The lowest BCUT2D eigenvalue weighted by atomic mass is 10.1. The molecule has 1 aliphatic rings. The van der Waals surface area contributed by atoms with E-state index in [9.17, 15) is 9.59 Å². The number of carbonyl (C=O) groups excluding carboxylic acids is 2. The molecule has 3 nitrogen and oxygen atoms in total. The Morgan fingerprint density at radius 3 is 2.68 bits per heavy atom. The van der Waals surface area contributed by atoms with Crippen molar-refractivity contribution in [1.82, 2.24) is 0 Å². The Hall–Kier alpha value is -1.94. The van der Waals surface area contributed by atoms with Gasteiger partial charge in [-0.05, 0) is 44.0 Å². The van der Waals surface area contributed by atoms with Crippen molar-refractivity contribution in [2.75, 3.05) is 4.90 Å². The summed E-state index contributed by atoms with van der Waals surface area (Å²) in [5.41, 5.74) is 2.21. The number of para-hydroxylation sites is 1. The molecule has 0 spiro atoms. The highest BCUT2D eigenvalue weighted by molar-refractivity contribution is 7.14. The average Bonchev–Trinajstić information content (AvgIpc) is 3.07. The molecule has 1 aromatic heterocycles. The van der Waals surface area contributed by atoms with E-state index in [1.54, 1.807) is 0 Å². The molecule has 2 heterocycles. The maximum atomic E-state index is 12.5. The van der Waals surface area contributed by atoms with E-state index in [2.05, 4.69) is 13.0 Å². The van der Waals surface area contributed by atoms with Crippen LogP contribution in [0.5, 0.6) is 0 Å². The molecule has 0 fully saturated rings. The molecule has 0 N–H and O–H groups in total. The fourth-order valence-electron chi connectivity index (χ4n) is 2.99. The van der Waals surface area contributed by atoms with E-state index in [0.717, 1.165) is 21.9 Å². The number of hydrogen-bond donors (Lipinski definition) is 0. The minimum absolute atomic E-state index is 0.0408. The van der Waals surface area contributed by atoms with E-state index in [-0.39, 0.29) is 30.6 Å². The molecule has 2 aromatic rings. The van der Waals surface area contributed by atoms with Crippen molar-refractivity contribution in [1.29, 1.82) is 0 Å². The van der Waals surface area contributed by atoms with E-state index >= 15 is 0 Å². The summed E-state index contributed by atoms with van der Waals surface area (Å²) < 4.78 is 0. The molecule has 0 bridgehead atoms. The van der Waals surface area contributed by atoms with Gasteiger partial charge in [0.2, 0.25) is 5.91 Å². The second-order valence-electron chi connectivity index (χ2n) is 5.78. The zero-order valence-electron chi connectivity index (χ0n) is 12.8. The number of nitrogens with zero attached hydrogens (tertiary/aromatic N) is 1. The number of amides is 1. The standard InChI is InChI=1S/C18H19NO2S/c1-12-11-14-5-3-4-6-15(14)19(12)18(21)10-8-16(20)17-9-7-13(2)22-17/h3-7,9,12H,8,10-11H2,1-2H3. The first-order chi connectivity index (χ1) is 10.6. The molecule has 1 amide bonds. The van der Waals surface area contributed by atoms with Gasteiger partial charge in [0, 0.05) is 29.4 Å². The van der Waals surface area contributed by atoms with Crippen LogP contribution in [0.3, 0.4) is 0 Å². The smallest absolute Gasteiger partial charge is 0.227 e. The van der Waals surface area contributed by atoms with Gasteiger partial charge < -0.3 is 4.90 Å². The van der Waals surface area contributed by atoms with Gasteiger partial charge in [0.05, 0.1) is 4.88 Å². The van der Waals surface area contributed by atoms with Crippen molar-refractivity contribution in [3.05, 3.63) is 51.7 Å². The molecule has 1 aliphatic heterocycles. The SMILES string of the molecule is Cc1ccc(C(=O)CCC(=O)N2c3ccccc3CC2C)s1. The number of carbonyl (C=O) groups is 2. The molecule has 4 heteroatoms. The lowest BCUT2D eigenvalue weighted by molar-refractivity contribution is -0.118. The van der Waals surface area contributed by atoms with Crippen molar-refractivity contribution in [3.63, 3.8) is 0 Å². The first-order valence-corrected chi connectivity index (χ1v) is 8.37. The molecule has 1 aromatic carbocycles. The number of thiophene rings is 1. The molecule has 0 saturated heterocycles. The average molecular weight is 313 g/mol. The van der Waals surface area contributed by atoms with Gasteiger partial charge in [-0.25, -0.2) is 0 Å². The quantitative estimate of drug-likeness (QED) is 0.800. The Balaban J connectivity index is 1.66. The summed E-state index contributed by atoms with van der Waals surface area (Å²) in [5, 5.41) is 0. The third-order valence-corrected chi connectivity index (χ3v) is 5.10. The molecule has 0 aliphatic carbocycles. The number of anilines is 1. The Labute approximate surface area is 134 Å². The fourth-order valence-corrected chi connectivity index (χ4v) is 3.83. The normalized spacial score (nSPS) is 16.6. The summed E-state index contributed by atoms with van der Waals surface area (Å²) in [6.45, 7) is 4.04. The molecular weight excluding hydrogens is 294 g/mol. The summed E-state index contributed by atoms with van der Waals surface area (Å²) in [7, 11) is 0. The van der Waals surface area contributed by atoms with Gasteiger partial charge in [-0.1, -0.05) is 18.2 Å². The Morgan fingerprint density at radius 2 is 1.95 bits per heavy atom. The maximum absolute atomic E-state index is 12.5. The van der Waals surface area contributed by atoms with E-state index in [1.165, 1.54) is 16.9 Å². The Morgan fingerprint density at radius 1 is 1.18 bits per heavy atom. The maximum Gasteiger partial charge on any atom is 0.227 e. The third kappa shape index (κ3) is 2.83. The van der Waals surface area contributed by atoms with E-state index in [1.807, 2.05) is 42.2 Å². The van der Waals surface area contributed by atoms with Gasteiger partial charge in [0.1, 0.15) is 0 Å². The van der Waals surface area contributed by atoms with E-state index < -0.39 is 0 Å². The third-order valence-electron chi connectivity index (χ3n) is 4.06. The second kappa shape index (κ2) is 6.05. The predicted octanol–water partition coefficient (Wildman–Crippen LogP) is 4.00. The van der Waals surface area contributed by atoms with Crippen LogP contribution in [0.1, 0.15) is 39.9 Å². The first-order valence-electron chi connectivity index (χ1n) is 7.56. The minimum atomic E-state index is 0.0408. The van der Waals surface area contributed by atoms with E-state index in [0.29, 0.717) is 0 Å². The zero-order valence-corrected chi connectivity index (χ0v) is 13.7. The van der Waals surface area contributed by atoms with Crippen LogP contribution in [-0.4, -0.2) is 17.7 Å². The topological polar surface area (TPSA) is 37.4 Å². The Kier molecular flexibility index (Phi) is 4.12. The van der Waals surface area contributed by atoms with Gasteiger partial charge in [0.15, 0.2) is 5.78 Å². The van der Waals surface area contributed by atoms with Crippen molar-refractivity contribution in [3.8, 4) is 0 Å². The lowest BCUT2D eigenvalue weighted by Gasteiger charge is -2.22. The number of Topliss-reactive ketones (excluding diaryl/α,β-unsaturated/α-hetero) is 1. The van der Waals surface area contributed by atoms with Crippen LogP contribution < -0.4 is 4.90 Å². The van der Waals surface area contributed by atoms with E-state index in [4.69, 9.17) is 0 Å². The number of hydrogen-bond acceptors (Lipinski definition) is 3. The van der Waals surface area contributed by atoms with Crippen molar-refractivity contribution >= 4 is 28.7 Å². The van der Waals surface area contributed by atoms with Crippen LogP contribution in [0.2, 0.25) is 0 Å². The first kappa shape index (κ1) is 15.0. The summed E-state index contributed by atoms with van der Waals surface area (Å²) in [4.78, 5) is 28.4. The van der Waals surface area contributed by atoms with Crippen molar-refractivity contribution in [2.24, 2.45) is 0 Å². The molecule has 0 saturated carbocycles. The van der Waals surface area contributed by atoms with Crippen LogP contribution in [0.4, 0.5) is 5.69 Å². The number of fused-ring (bicyclic) bond motifs is 1. The molecule has 1 unspecified atom stereocenters. The van der Waals surface area contributed by atoms with Gasteiger partial charge in [-0.2, -0.15) is 0 Å². The molecule has 0 radical (unpaired) electrons. The molecule has 22 heavy (non-hydrogen) atoms. The highest BCUT2D eigenvalue weighted by atomic mass is 32.1. The molecule has 1 atom stereocenters. The second-order valence-corrected chi connectivity index (χ2v) is 7.07. The monoisotopic (exact) mass is 313 g/mol. The minimum Gasteiger partial charge on any atom is -0.309 e. The van der Waals surface area contributed by atoms with Gasteiger partial charge in [-0.3, -0.25) is 9.59 Å². The summed E-state index contributed by atoms with van der Waals surface area (Å²) in [6.07, 6.45) is 1.44. The summed E-state index contributed by atoms with van der Waals surface area (Å²) in [5.74, 6) is 0.102. The zero-order chi connectivity index (χ0) is 15.7. The van der Waals surface area contributed by atoms with Gasteiger partial charge in [-0.15, -0.1) is 11.3 Å². The van der Waals surface area contributed by atoms with Crippen LogP contribution in [0.25, 0.3) is 0 Å². The molecule has 3 rings (SSSR count). The van der Waals surface area contributed by atoms with Gasteiger partial charge >= 0.3 is 0 Å². The fraction of sp³-hybridized carbons (Fsp3) is 0.333. The molecular formula is C18H19NO2S. The highest BCUT2D eigenvalue weighted by Crippen LogP contribution is 2.32. The summed E-state index contributed by atoms with van der Waals surface area (Å²) in [6, 6.07) is 12.0. The van der Waals surface area contributed by atoms with Crippen molar-refractivity contribution < 1.29 is 9.59 Å². The number of ketones is 1. The summed E-state index contributed by atoms with van der Waals surface area (Å²) >= 11 is 1.49. The Bertz CT molecular complexity index is 719. The van der Waals surface area contributed by atoms with Gasteiger partial charge in [0.25, 0.3) is 0 Å². The van der Waals surface area contributed by atoms with Crippen LogP contribution in [0, 0.1) is 6.92 Å². The number of rotatable bonds is 4.